The monoisotopic (exact) mass is 280 g/mol. The zero-order chi connectivity index (χ0) is 15.4. The maximum absolute atomic E-state index is 12.4. The van der Waals surface area contributed by atoms with Crippen molar-refractivity contribution in [2.45, 2.75) is 13.8 Å². The normalized spacial score (nSPS) is 9.81. The second kappa shape index (κ2) is 6.10. The van der Waals surface area contributed by atoms with Gasteiger partial charge in [-0.15, -0.1) is 0 Å². The fraction of sp³-hybridized carbons (Fsp3) is 0.176. The van der Waals surface area contributed by atoms with E-state index < -0.39 is 0 Å². The molecule has 0 bridgehead atoms. The summed E-state index contributed by atoms with van der Waals surface area (Å²) < 4.78 is 5.21. The lowest BCUT2D eigenvalue weighted by Gasteiger charge is -2.12. The smallest absolute Gasteiger partial charge is 0.256 e. The van der Waals surface area contributed by atoms with Crippen LogP contribution in [0.25, 0.3) is 0 Å². The molecule has 2 aromatic carbocycles. The second-order valence-electron chi connectivity index (χ2n) is 4.80. The van der Waals surface area contributed by atoms with Crippen LogP contribution in [-0.4, -0.2) is 13.0 Å². The molecule has 4 nitrogen and oxygen atoms in total. The Morgan fingerprint density at radius 3 is 2.62 bits per heavy atom. The van der Waals surface area contributed by atoms with E-state index in [-0.39, 0.29) is 5.91 Å². The molecule has 4 heteroatoms. The molecule has 106 valence electrons. The van der Waals surface area contributed by atoms with Gasteiger partial charge in [0.25, 0.3) is 5.91 Å². The largest absolute Gasteiger partial charge is 0.495 e. The number of rotatable bonds is 3. The number of methoxy groups -OCH3 is 1. The van der Waals surface area contributed by atoms with Gasteiger partial charge < -0.3 is 10.1 Å². The Morgan fingerprint density at radius 2 is 1.95 bits per heavy atom. The van der Waals surface area contributed by atoms with Crippen molar-refractivity contribution in [3.05, 3.63) is 58.7 Å². The number of carbonyl (C=O) groups excluding carboxylic acids is 1. The molecule has 0 unspecified atom stereocenters. The Bertz CT molecular complexity index is 730. The third-order valence-corrected chi connectivity index (χ3v) is 3.22. The van der Waals surface area contributed by atoms with Crippen molar-refractivity contribution >= 4 is 11.6 Å². The van der Waals surface area contributed by atoms with Crippen LogP contribution in [-0.2, 0) is 0 Å². The van der Waals surface area contributed by atoms with Gasteiger partial charge in [0, 0.05) is 11.6 Å². The van der Waals surface area contributed by atoms with Gasteiger partial charge in [-0.25, -0.2) is 0 Å². The Labute approximate surface area is 124 Å². The standard InChI is InChI=1S/C17H16N2O2/c1-11-4-5-12(2)14(8-11)17(20)19-15-7-6-13(10-18)9-16(15)21-3/h4-9H,1-3H3,(H,19,20). The summed E-state index contributed by atoms with van der Waals surface area (Å²) in [6, 6.07) is 12.7. The molecular weight excluding hydrogens is 264 g/mol. The Kier molecular flexibility index (Phi) is 4.24. The lowest BCUT2D eigenvalue weighted by molar-refractivity contribution is 0.102. The van der Waals surface area contributed by atoms with E-state index in [4.69, 9.17) is 10.00 Å². The van der Waals surface area contributed by atoms with E-state index in [1.54, 1.807) is 18.2 Å². The zero-order valence-electron chi connectivity index (χ0n) is 12.2. The van der Waals surface area contributed by atoms with E-state index in [9.17, 15) is 4.79 Å². The lowest BCUT2D eigenvalue weighted by Crippen LogP contribution is -2.14. The molecule has 0 aliphatic rings. The molecule has 0 radical (unpaired) electrons. The van der Waals surface area contributed by atoms with Gasteiger partial charge >= 0.3 is 0 Å². The van der Waals surface area contributed by atoms with Crippen LogP contribution in [0.2, 0.25) is 0 Å². The highest BCUT2D eigenvalue weighted by Crippen LogP contribution is 2.26. The number of hydrogen-bond acceptors (Lipinski definition) is 3. The lowest BCUT2D eigenvalue weighted by atomic mass is 10.0. The summed E-state index contributed by atoms with van der Waals surface area (Å²) in [5, 5.41) is 11.7. The maximum atomic E-state index is 12.4. The molecule has 0 aliphatic heterocycles. The molecule has 21 heavy (non-hydrogen) atoms. The first-order chi connectivity index (χ1) is 10.0. The van der Waals surface area contributed by atoms with Crippen LogP contribution in [0, 0.1) is 25.2 Å². The minimum Gasteiger partial charge on any atom is -0.495 e. The van der Waals surface area contributed by atoms with Gasteiger partial charge in [0.2, 0.25) is 0 Å². The van der Waals surface area contributed by atoms with E-state index >= 15 is 0 Å². The molecule has 0 aromatic heterocycles. The average Bonchev–Trinajstić information content (AvgIpc) is 2.49. The van der Waals surface area contributed by atoms with Crippen LogP contribution in [0.4, 0.5) is 5.69 Å². The van der Waals surface area contributed by atoms with Crippen molar-refractivity contribution in [1.82, 2.24) is 0 Å². The Morgan fingerprint density at radius 1 is 1.19 bits per heavy atom. The van der Waals surface area contributed by atoms with Crippen molar-refractivity contribution in [3.8, 4) is 11.8 Å². The summed E-state index contributed by atoms with van der Waals surface area (Å²) in [6.07, 6.45) is 0. The van der Waals surface area contributed by atoms with Gasteiger partial charge in [0.1, 0.15) is 5.75 Å². The van der Waals surface area contributed by atoms with Crippen LogP contribution in [0.15, 0.2) is 36.4 Å². The molecule has 2 rings (SSSR count). The van der Waals surface area contributed by atoms with Gasteiger partial charge in [-0.3, -0.25) is 4.79 Å². The van der Waals surface area contributed by atoms with E-state index in [1.165, 1.54) is 7.11 Å². The molecule has 1 amide bonds. The van der Waals surface area contributed by atoms with E-state index in [0.29, 0.717) is 22.6 Å². The summed E-state index contributed by atoms with van der Waals surface area (Å²) >= 11 is 0. The van der Waals surface area contributed by atoms with Gasteiger partial charge in [0.05, 0.1) is 24.4 Å². The predicted octanol–water partition coefficient (Wildman–Crippen LogP) is 3.44. The Balaban J connectivity index is 2.32. The van der Waals surface area contributed by atoms with Crippen LogP contribution in [0.3, 0.4) is 0 Å². The number of benzene rings is 2. The highest BCUT2D eigenvalue weighted by Gasteiger charge is 2.12. The molecular formula is C17H16N2O2. The molecule has 1 N–H and O–H groups in total. The highest BCUT2D eigenvalue weighted by molar-refractivity contribution is 6.06. The maximum Gasteiger partial charge on any atom is 0.256 e. The molecule has 0 saturated heterocycles. The summed E-state index contributed by atoms with van der Waals surface area (Å²) in [5.41, 5.74) is 3.59. The summed E-state index contributed by atoms with van der Waals surface area (Å²) in [4.78, 5) is 12.4. The van der Waals surface area contributed by atoms with E-state index in [1.807, 2.05) is 38.1 Å². The highest BCUT2D eigenvalue weighted by atomic mass is 16.5. The van der Waals surface area contributed by atoms with Crippen molar-refractivity contribution in [3.63, 3.8) is 0 Å². The number of nitrogens with zero attached hydrogens (tertiary/aromatic N) is 1. The predicted molar refractivity (Wildman–Crippen MR) is 81.6 cm³/mol. The third kappa shape index (κ3) is 3.21. The number of carbonyl (C=O) groups is 1. The van der Waals surface area contributed by atoms with Gasteiger partial charge in [-0.05, 0) is 37.6 Å². The molecule has 0 atom stereocenters. The van der Waals surface area contributed by atoms with Crippen LogP contribution >= 0.6 is 0 Å². The second-order valence-corrected chi connectivity index (χ2v) is 4.80. The molecule has 0 heterocycles. The topological polar surface area (TPSA) is 62.1 Å². The van der Waals surface area contributed by atoms with Gasteiger partial charge in [-0.1, -0.05) is 17.7 Å². The Hall–Kier alpha value is -2.80. The zero-order valence-corrected chi connectivity index (χ0v) is 12.2. The van der Waals surface area contributed by atoms with Crippen LogP contribution in [0.5, 0.6) is 5.75 Å². The van der Waals surface area contributed by atoms with Crippen LogP contribution < -0.4 is 10.1 Å². The van der Waals surface area contributed by atoms with Crippen molar-refractivity contribution in [1.29, 1.82) is 5.26 Å². The molecule has 0 saturated carbocycles. The number of anilines is 1. The van der Waals surface area contributed by atoms with E-state index in [0.717, 1.165) is 11.1 Å². The first kappa shape index (κ1) is 14.6. The number of amides is 1. The fourth-order valence-corrected chi connectivity index (χ4v) is 2.03. The fourth-order valence-electron chi connectivity index (χ4n) is 2.03. The summed E-state index contributed by atoms with van der Waals surface area (Å²) in [5.74, 6) is 0.270. The van der Waals surface area contributed by atoms with Crippen molar-refractivity contribution < 1.29 is 9.53 Å². The summed E-state index contributed by atoms with van der Waals surface area (Å²) in [7, 11) is 1.50. The SMILES string of the molecule is COc1cc(C#N)ccc1NC(=O)c1cc(C)ccc1C. The molecule has 0 aliphatic carbocycles. The number of hydrogen-bond donors (Lipinski definition) is 1. The van der Waals surface area contributed by atoms with Crippen LogP contribution in [0.1, 0.15) is 27.0 Å². The van der Waals surface area contributed by atoms with Crippen molar-refractivity contribution in [2.75, 3.05) is 12.4 Å². The van der Waals surface area contributed by atoms with E-state index in [2.05, 4.69) is 5.32 Å². The minimum atomic E-state index is -0.195. The molecule has 2 aromatic rings. The number of nitriles is 1. The quantitative estimate of drug-likeness (QED) is 0.936. The summed E-state index contributed by atoms with van der Waals surface area (Å²) in [6.45, 7) is 3.84. The third-order valence-electron chi connectivity index (χ3n) is 3.22. The number of nitrogens with one attached hydrogen (secondary N) is 1. The van der Waals surface area contributed by atoms with Gasteiger partial charge in [-0.2, -0.15) is 5.26 Å². The van der Waals surface area contributed by atoms with Crippen molar-refractivity contribution in [2.24, 2.45) is 0 Å². The molecule has 0 spiro atoms. The van der Waals surface area contributed by atoms with Gasteiger partial charge in [0.15, 0.2) is 0 Å². The first-order valence-corrected chi connectivity index (χ1v) is 6.52. The number of ether oxygens (including phenoxy) is 1. The molecule has 0 fully saturated rings. The number of aryl methyl sites for hydroxylation is 2. The average molecular weight is 280 g/mol. The minimum absolute atomic E-state index is 0.195. The first-order valence-electron chi connectivity index (χ1n) is 6.52.